The number of hydrogen-bond donors (Lipinski definition) is 2. The van der Waals surface area contributed by atoms with Crippen molar-refractivity contribution in [3.8, 4) is 0 Å². The normalized spacial score (nSPS) is 19.5. The second kappa shape index (κ2) is 8.16. The summed E-state index contributed by atoms with van der Waals surface area (Å²) in [6.45, 7) is 4.60. The average Bonchev–Trinajstić information content (AvgIpc) is 2.42. The Bertz CT molecular complexity index is 375. The molecule has 1 unspecified atom stereocenters. The van der Waals surface area contributed by atoms with Crippen LogP contribution in [0.15, 0.2) is 0 Å². The molecule has 1 aliphatic heterocycles. The van der Waals surface area contributed by atoms with Crippen LogP contribution in [0.5, 0.6) is 0 Å². The number of rotatable bonds is 7. The summed E-state index contributed by atoms with van der Waals surface area (Å²) in [5.41, 5.74) is 5.42. The Morgan fingerprint density at radius 2 is 2.25 bits per heavy atom. The van der Waals surface area contributed by atoms with Gasteiger partial charge in [-0.25, -0.2) is 0 Å². The maximum atomic E-state index is 12.0. The molecule has 0 saturated carbocycles. The molecule has 1 atom stereocenters. The van der Waals surface area contributed by atoms with Gasteiger partial charge in [-0.3, -0.25) is 14.5 Å². The fourth-order valence-electron chi connectivity index (χ4n) is 2.31. The van der Waals surface area contributed by atoms with Crippen molar-refractivity contribution >= 4 is 29.0 Å². The first-order valence-corrected chi connectivity index (χ1v) is 7.40. The van der Waals surface area contributed by atoms with Gasteiger partial charge in [-0.15, -0.1) is 0 Å². The van der Waals surface area contributed by atoms with Gasteiger partial charge in [0.25, 0.3) is 0 Å². The first kappa shape index (κ1) is 16.8. The van der Waals surface area contributed by atoms with Crippen molar-refractivity contribution in [3.63, 3.8) is 0 Å². The Kier molecular flexibility index (Phi) is 6.87. The van der Waals surface area contributed by atoms with E-state index in [0.717, 1.165) is 13.0 Å². The van der Waals surface area contributed by atoms with Gasteiger partial charge >= 0.3 is 0 Å². The Morgan fingerprint density at radius 1 is 1.55 bits per heavy atom. The summed E-state index contributed by atoms with van der Waals surface area (Å²) in [5, 5.41) is 2.85. The van der Waals surface area contributed by atoms with Crippen LogP contribution >= 0.6 is 12.2 Å². The van der Waals surface area contributed by atoms with E-state index in [1.165, 1.54) is 0 Å². The number of amides is 2. The molecular weight excluding hydrogens is 276 g/mol. The molecule has 20 heavy (non-hydrogen) atoms. The minimum Gasteiger partial charge on any atom is -0.393 e. The number of nitrogens with two attached hydrogens (primary N) is 1. The van der Waals surface area contributed by atoms with Crippen molar-refractivity contribution in [2.75, 3.05) is 33.2 Å². The summed E-state index contributed by atoms with van der Waals surface area (Å²) >= 11 is 4.80. The quantitative estimate of drug-likeness (QED) is 0.632. The Labute approximate surface area is 125 Å². The Hall–Kier alpha value is -1.21. The second-order valence-electron chi connectivity index (χ2n) is 5.03. The molecule has 3 N–H and O–H groups in total. The van der Waals surface area contributed by atoms with Crippen molar-refractivity contribution in [2.24, 2.45) is 5.73 Å². The highest BCUT2D eigenvalue weighted by molar-refractivity contribution is 7.80. The van der Waals surface area contributed by atoms with Crippen LogP contribution in [0.1, 0.15) is 26.2 Å². The first-order chi connectivity index (χ1) is 9.45. The van der Waals surface area contributed by atoms with Crippen LogP contribution in [-0.2, 0) is 9.59 Å². The summed E-state index contributed by atoms with van der Waals surface area (Å²) in [7, 11) is 1.75. The van der Waals surface area contributed by atoms with E-state index in [2.05, 4.69) is 10.2 Å². The maximum absolute atomic E-state index is 12.0. The van der Waals surface area contributed by atoms with E-state index in [-0.39, 0.29) is 17.9 Å². The molecule has 0 aromatic carbocycles. The standard InChI is InChI=1S/C13H24N4O2S/c1-3-10-13(19)15-6-9-17(10)8-5-12(18)16(2)7-4-11(14)20/h10H,3-9H2,1-2H3,(H2,14,20)(H,15,19). The van der Waals surface area contributed by atoms with Crippen molar-refractivity contribution in [3.05, 3.63) is 0 Å². The number of carbonyl (C=O) groups is 2. The number of carbonyl (C=O) groups excluding carboxylic acids is 2. The summed E-state index contributed by atoms with van der Waals surface area (Å²) in [5.74, 6) is 0.120. The fourth-order valence-corrected chi connectivity index (χ4v) is 2.40. The molecule has 0 aromatic heterocycles. The third-order valence-corrected chi connectivity index (χ3v) is 3.76. The molecule has 2 amide bonds. The van der Waals surface area contributed by atoms with Crippen molar-refractivity contribution in [2.45, 2.75) is 32.2 Å². The predicted octanol–water partition coefficient (Wildman–Crippen LogP) is -0.278. The molecule has 1 fully saturated rings. The van der Waals surface area contributed by atoms with Crippen LogP contribution in [0, 0.1) is 0 Å². The molecule has 0 radical (unpaired) electrons. The van der Waals surface area contributed by atoms with Gasteiger partial charge in [0.05, 0.1) is 11.0 Å². The lowest BCUT2D eigenvalue weighted by molar-refractivity contribution is -0.133. The van der Waals surface area contributed by atoms with E-state index in [9.17, 15) is 9.59 Å². The molecule has 1 saturated heterocycles. The number of nitrogens with zero attached hydrogens (tertiary/aromatic N) is 2. The SMILES string of the molecule is CCC1C(=O)NCCN1CCC(=O)N(C)CCC(N)=S. The predicted molar refractivity (Wildman–Crippen MR) is 82.3 cm³/mol. The van der Waals surface area contributed by atoms with Crippen LogP contribution in [-0.4, -0.2) is 65.9 Å². The molecule has 114 valence electrons. The molecule has 0 bridgehead atoms. The van der Waals surface area contributed by atoms with Crippen LogP contribution in [0.3, 0.4) is 0 Å². The number of nitrogens with one attached hydrogen (secondary N) is 1. The van der Waals surface area contributed by atoms with Gasteiger partial charge in [-0.2, -0.15) is 0 Å². The lowest BCUT2D eigenvalue weighted by Gasteiger charge is -2.34. The zero-order valence-electron chi connectivity index (χ0n) is 12.2. The number of thiocarbonyl (C=S) groups is 1. The van der Waals surface area contributed by atoms with Gasteiger partial charge in [-0.05, 0) is 6.42 Å². The lowest BCUT2D eigenvalue weighted by Crippen LogP contribution is -2.55. The molecule has 6 nitrogen and oxygen atoms in total. The van der Waals surface area contributed by atoms with Gasteiger partial charge in [0.15, 0.2) is 0 Å². The Balaban J connectivity index is 2.39. The molecule has 0 spiro atoms. The van der Waals surface area contributed by atoms with Gasteiger partial charge in [0, 0.05) is 46.1 Å². The monoisotopic (exact) mass is 300 g/mol. The van der Waals surface area contributed by atoms with Crippen molar-refractivity contribution in [1.82, 2.24) is 15.1 Å². The topological polar surface area (TPSA) is 78.7 Å². The van der Waals surface area contributed by atoms with Crippen LogP contribution in [0.25, 0.3) is 0 Å². The number of hydrogen-bond acceptors (Lipinski definition) is 4. The average molecular weight is 300 g/mol. The smallest absolute Gasteiger partial charge is 0.237 e. The lowest BCUT2D eigenvalue weighted by atomic mass is 10.1. The second-order valence-corrected chi connectivity index (χ2v) is 5.56. The molecular formula is C13H24N4O2S. The summed E-state index contributed by atoms with van der Waals surface area (Å²) in [6.07, 6.45) is 1.72. The zero-order valence-corrected chi connectivity index (χ0v) is 13.0. The molecule has 0 aliphatic carbocycles. The third kappa shape index (κ3) is 5.05. The van der Waals surface area contributed by atoms with Crippen molar-refractivity contribution < 1.29 is 9.59 Å². The van der Waals surface area contributed by atoms with Gasteiger partial charge in [0.2, 0.25) is 11.8 Å². The highest BCUT2D eigenvalue weighted by atomic mass is 32.1. The zero-order chi connectivity index (χ0) is 15.1. The van der Waals surface area contributed by atoms with E-state index in [1.54, 1.807) is 11.9 Å². The minimum absolute atomic E-state index is 0.0575. The van der Waals surface area contributed by atoms with E-state index in [1.807, 2.05) is 6.92 Å². The van der Waals surface area contributed by atoms with Gasteiger partial charge in [-0.1, -0.05) is 19.1 Å². The molecule has 1 aliphatic rings. The largest absolute Gasteiger partial charge is 0.393 e. The number of piperazine rings is 1. The molecule has 1 heterocycles. The van der Waals surface area contributed by atoms with Crippen molar-refractivity contribution in [1.29, 1.82) is 0 Å². The maximum Gasteiger partial charge on any atom is 0.237 e. The van der Waals surface area contributed by atoms with Gasteiger partial charge in [0.1, 0.15) is 0 Å². The summed E-state index contributed by atoms with van der Waals surface area (Å²) in [6, 6.07) is -0.113. The summed E-state index contributed by atoms with van der Waals surface area (Å²) in [4.78, 5) is 27.8. The van der Waals surface area contributed by atoms with Crippen LogP contribution in [0.2, 0.25) is 0 Å². The molecule has 1 rings (SSSR count). The van der Waals surface area contributed by atoms with Crippen LogP contribution < -0.4 is 11.1 Å². The van der Waals surface area contributed by atoms with Gasteiger partial charge < -0.3 is 16.0 Å². The van der Waals surface area contributed by atoms with E-state index in [4.69, 9.17) is 18.0 Å². The minimum atomic E-state index is -0.113. The summed E-state index contributed by atoms with van der Waals surface area (Å²) < 4.78 is 0. The van der Waals surface area contributed by atoms with E-state index in [0.29, 0.717) is 37.5 Å². The van der Waals surface area contributed by atoms with E-state index < -0.39 is 0 Å². The van der Waals surface area contributed by atoms with E-state index >= 15 is 0 Å². The first-order valence-electron chi connectivity index (χ1n) is 6.99. The highest BCUT2D eigenvalue weighted by Gasteiger charge is 2.28. The highest BCUT2D eigenvalue weighted by Crippen LogP contribution is 2.09. The molecule has 7 heteroatoms. The molecule has 0 aromatic rings. The fraction of sp³-hybridized carbons (Fsp3) is 0.769. The van der Waals surface area contributed by atoms with Crippen LogP contribution in [0.4, 0.5) is 0 Å². The third-order valence-electron chi connectivity index (χ3n) is 3.56. The Morgan fingerprint density at radius 3 is 2.85 bits per heavy atom.